The first-order chi connectivity index (χ1) is 13.1. The summed E-state index contributed by atoms with van der Waals surface area (Å²) in [5.74, 6) is 0.507. The normalized spacial score (nSPS) is 10.9. The molecule has 0 aliphatic rings. The van der Waals surface area contributed by atoms with Gasteiger partial charge in [-0.3, -0.25) is 14.6 Å². The zero-order valence-electron chi connectivity index (χ0n) is 14.4. The molecule has 3 heterocycles. The molecule has 1 N–H and O–H groups in total. The van der Waals surface area contributed by atoms with Crippen molar-refractivity contribution >= 4 is 16.8 Å². The van der Waals surface area contributed by atoms with E-state index in [-0.39, 0.29) is 23.7 Å². The Balaban J connectivity index is 1.55. The first-order valence-corrected chi connectivity index (χ1v) is 8.22. The topological polar surface area (TPSA) is 105 Å². The lowest BCUT2D eigenvalue weighted by Gasteiger charge is -2.14. The quantitative estimate of drug-likeness (QED) is 0.598. The highest BCUT2D eigenvalue weighted by Gasteiger charge is 2.19. The number of nitrogens with zero attached hydrogens (tertiary/aromatic N) is 4. The minimum absolute atomic E-state index is 0.133. The van der Waals surface area contributed by atoms with Crippen LogP contribution in [0.4, 0.5) is 0 Å². The van der Waals surface area contributed by atoms with Crippen LogP contribution in [0.5, 0.6) is 0 Å². The van der Waals surface area contributed by atoms with E-state index in [4.69, 9.17) is 4.52 Å². The molecule has 0 fully saturated rings. The second kappa shape index (κ2) is 6.83. The first-order valence-electron chi connectivity index (χ1n) is 8.22. The van der Waals surface area contributed by atoms with Crippen LogP contribution in [-0.2, 0) is 6.54 Å². The highest BCUT2D eigenvalue weighted by Crippen LogP contribution is 2.19. The van der Waals surface area contributed by atoms with Gasteiger partial charge in [0.2, 0.25) is 0 Å². The Bertz CT molecular complexity index is 1170. The summed E-state index contributed by atoms with van der Waals surface area (Å²) in [6.07, 6.45) is 3.28. The first kappa shape index (κ1) is 16.6. The van der Waals surface area contributed by atoms with E-state index < -0.39 is 0 Å². The molecule has 27 heavy (non-hydrogen) atoms. The van der Waals surface area contributed by atoms with Gasteiger partial charge in [0.05, 0.1) is 17.4 Å². The van der Waals surface area contributed by atoms with E-state index in [1.165, 1.54) is 4.90 Å². The smallest absolute Gasteiger partial charge is 0.276 e. The molecule has 3 aromatic heterocycles. The maximum Gasteiger partial charge on any atom is 0.276 e. The molecule has 8 heteroatoms. The molecule has 0 aliphatic heterocycles. The molecule has 0 radical (unpaired) electrons. The number of hydrogen-bond donors (Lipinski definition) is 1. The fourth-order valence-electron chi connectivity index (χ4n) is 2.72. The lowest BCUT2D eigenvalue weighted by molar-refractivity contribution is 0.0771. The Morgan fingerprint density at radius 3 is 2.89 bits per heavy atom. The molecule has 4 rings (SSSR count). The van der Waals surface area contributed by atoms with E-state index in [0.717, 1.165) is 5.56 Å². The summed E-state index contributed by atoms with van der Waals surface area (Å²) in [6, 6.07) is 12.2. The molecular weight excluding hydrogens is 346 g/mol. The minimum Gasteiger partial charge on any atom is -0.355 e. The van der Waals surface area contributed by atoms with Gasteiger partial charge in [-0.2, -0.15) is 0 Å². The molecule has 1 aromatic carbocycles. The molecule has 1 amide bonds. The average Bonchev–Trinajstić information content (AvgIpc) is 3.18. The minimum atomic E-state index is -0.343. The van der Waals surface area contributed by atoms with Crippen LogP contribution in [0.1, 0.15) is 16.3 Å². The van der Waals surface area contributed by atoms with Crippen molar-refractivity contribution in [3.05, 3.63) is 76.7 Å². The largest absolute Gasteiger partial charge is 0.355 e. The summed E-state index contributed by atoms with van der Waals surface area (Å²) in [6.45, 7) is 0.133. The number of aromatic nitrogens is 4. The Labute approximate surface area is 153 Å². The van der Waals surface area contributed by atoms with E-state index in [9.17, 15) is 9.59 Å². The molecule has 0 aliphatic carbocycles. The lowest BCUT2D eigenvalue weighted by Crippen LogP contribution is -2.28. The van der Waals surface area contributed by atoms with Gasteiger partial charge in [-0.15, -0.1) is 0 Å². The summed E-state index contributed by atoms with van der Waals surface area (Å²) < 4.78 is 5.24. The summed E-state index contributed by atoms with van der Waals surface area (Å²) in [5.41, 5.74) is 1.24. The van der Waals surface area contributed by atoms with Crippen molar-refractivity contribution in [1.82, 2.24) is 25.0 Å². The third-order valence-electron chi connectivity index (χ3n) is 4.07. The Hall–Kier alpha value is -3.81. The molecule has 8 nitrogen and oxygen atoms in total. The van der Waals surface area contributed by atoms with Gasteiger partial charge in [0.1, 0.15) is 5.82 Å². The maximum absolute atomic E-state index is 12.6. The van der Waals surface area contributed by atoms with Crippen molar-refractivity contribution in [3.8, 4) is 11.3 Å². The number of benzene rings is 1. The summed E-state index contributed by atoms with van der Waals surface area (Å²) in [4.78, 5) is 37.3. The summed E-state index contributed by atoms with van der Waals surface area (Å²) in [5, 5.41) is 4.34. The standard InChI is InChI=1S/C19H15N5O3/c1-24(11-17-21-14-7-3-2-6-13(14)18(25)22-17)19(26)15-9-16(27-23-15)12-5-4-8-20-10-12/h2-10H,11H2,1H3,(H,21,22,25). The number of fused-ring (bicyclic) bond motifs is 1. The Kier molecular flexibility index (Phi) is 4.21. The highest BCUT2D eigenvalue weighted by molar-refractivity contribution is 5.92. The zero-order chi connectivity index (χ0) is 18.8. The highest BCUT2D eigenvalue weighted by atomic mass is 16.5. The van der Waals surface area contributed by atoms with E-state index in [1.54, 1.807) is 49.8 Å². The van der Waals surface area contributed by atoms with Crippen molar-refractivity contribution in [3.63, 3.8) is 0 Å². The van der Waals surface area contributed by atoms with Crippen LogP contribution >= 0.6 is 0 Å². The maximum atomic E-state index is 12.6. The van der Waals surface area contributed by atoms with E-state index >= 15 is 0 Å². The van der Waals surface area contributed by atoms with Crippen molar-refractivity contribution in [2.75, 3.05) is 7.05 Å². The van der Waals surface area contributed by atoms with E-state index in [2.05, 4.69) is 20.1 Å². The monoisotopic (exact) mass is 361 g/mol. The number of para-hydroxylation sites is 1. The SMILES string of the molecule is CN(Cc1nc2ccccc2c(=O)[nH]1)C(=O)c1cc(-c2cccnc2)on1. The van der Waals surface area contributed by atoms with Gasteiger partial charge in [0.15, 0.2) is 11.5 Å². The van der Waals surface area contributed by atoms with Crippen LogP contribution in [0.3, 0.4) is 0 Å². The number of aromatic amines is 1. The van der Waals surface area contributed by atoms with Gasteiger partial charge < -0.3 is 14.4 Å². The molecule has 134 valence electrons. The van der Waals surface area contributed by atoms with Crippen LogP contribution in [0.2, 0.25) is 0 Å². The lowest BCUT2D eigenvalue weighted by atomic mass is 10.2. The predicted molar refractivity (Wildman–Crippen MR) is 97.9 cm³/mol. The molecular formula is C19H15N5O3. The van der Waals surface area contributed by atoms with Gasteiger partial charge in [-0.1, -0.05) is 17.3 Å². The van der Waals surface area contributed by atoms with Gasteiger partial charge in [0, 0.05) is 31.1 Å². The Morgan fingerprint density at radius 2 is 2.07 bits per heavy atom. The van der Waals surface area contributed by atoms with Crippen LogP contribution in [0.25, 0.3) is 22.2 Å². The van der Waals surface area contributed by atoms with Crippen molar-refractivity contribution in [1.29, 1.82) is 0 Å². The molecule has 0 saturated heterocycles. The number of amides is 1. The second-order valence-electron chi connectivity index (χ2n) is 6.01. The summed E-state index contributed by atoms with van der Waals surface area (Å²) in [7, 11) is 1.61. The van der Waals surface area contributed by atoms with Crippen LogP contribution in [-0.4, -0.2) is 38.0 Å². The third kappa shape index (κ3) is 3.32. The number of carbonyl (C=O) groups is 1. The second-order valence-corrected chi connectivity index (χ2v) is 6.01. The van der Waals surface area contributed by atoms with Gasteiger partial charge >= 0.3 is 0 Å². The van der Waals surface area contributed by atoms with E-state index in [1.807, 2.05) is 12.1 Å². The van der Waals surface area contributed by atoms with E-state index in [0.29, 0.717) is 22.5 Å². The molecule has 0 bridgehead atoms. The Morgan fingerprint density at radius 1 is 1.22 bits per heavy atom. The molecule has 0 spiro atoms. The van der Waals surface area contributed by atoms with Crippen LogP contribution in [0, 0.1) is 0 Å². The van der Waals surface area contributed by atoms with Gasteiger partial charge in [0.25, 0.3) is 11.5 Å². The molecule has 0 atom stereocenters. The number of rotatable bonds is 4. The van der Waals surface area contributed by atoms with Crippen molar-refractivity contribution in [2.45, 2.75) is 6.54 Å². The van der Waals surface area contributed by atoms with Gasteiger partial charge in [-0.25, -0.2) is 4.98 Å². The predicted octanol–water partition coefficient (Wildman–Crippen LogP) is 2.25. The van der Waals surface area contributed by atoms with Crippen LogP contribution in [0.15, 0.2) is 64.2 Å². The number of pyridine rings is 1. The molecule has 0 unspecified atom stereocenters. The third-order valence-corrected chi connectivity index (χ3v) is 4.07. The molecule has 0 saturated carbocycles. The zero-order valence-corrected chi connectivity index (χ0v) is 14.4. The number of H-pyrrole nitrogens is 1. The fourth-order valence-corrected chi connectivity index (χ4v) is 2.72. The average molecular weight is 361 g/mol. The van der Waals surface area contributed by atoms with Crippen molar-refractivity contribution < 1.29 is 9.32 Å². The number of hydrogen-bond acceptors (Lipinski definition) is 6. The van der Waals surface area contributed by atoms with Crippen LogP contribution < -0.4 is 5.56 Å². The van der Waals surface area contributed by atoms with Crippen molar-refractivity contribution in [2.24, 2.45) is 0 Å². The summed E-state index contributed by atoms with van der Waals surface area (Å²) >= 11 is 0. The number of carbonyl (C=O) groups excluding carboxylic acids is 1. The van der Waals surface area contributed by atoms with Gasteiger partial charge in [-0.05, 0) is 24.3 Å². The fraction of sp³-hybridized carbons (Fsp3) is 0.105. The number of nitrogens with one attached hydrogen (secondary N) is 1. The molecule has 4 aromatic rings.